The number of oxime groups is 1. The van der Waals surface area contributed by atoms with Crippen LogP contribution in [0.25, 0.3) is 0 Å². The Morgan fingerprint density at radius 2 is 1.54 bits per heavy atom. The van der Waals surface area contributed by atoms with Crippen LogP contribution in [0.1, 0.15) is 29.0 Å². The van der Waals surface area contributed by atoms with Crippen LogP contribution >= 0.6 is 0 Å². The van der Waals surface area contributed by atoms with Gasteiger partial charge in [-0.15, -0.1) is 0 Å². The molecule has 3 aromatic rings. The highest BCUT2D eigenvalue weighted by atomic mass is 16.4. The van der Waals surface area contributed by atoms with E-state index in [9.17, 15) is 5.21 Å². The van der Waals surface area contributed by atoms with Crippen LogP contribution in [-0.4, -0.2) is 30.0 Å². The molecule has 4 heteroatoms. The molecular weight excluding hydrogens is 322 g/mol. The van der Waals surface area contributed by atoms with Crippen molar-refractivity contribution >= 4 is 11.4 Å². The molecule has 0 aliphatic heterocycles. The van der Waals surface area contributed by atoms with Crippen molar-refractivity contribution in [3.63, 3.8) is 0 Å². The normalized spacial score (nSPS) is 12.6. The minimum absolute atomic E-state index is 0.103. The first-order valence-electron chi connectivity index (χ1n) is 8.62. The molecule has 0 bridgehead atoms. The van der Waals surface area contributed by atoms with E-state index in [2.05, 4.69) is 51.4 Å². The van der Waals surface area contributed by atoms with Crippen molar-refractivity contribution in [3.8, 4) is 0 Å². The smallest absolute Gasteiger partial charge is 0.0878 e. The zero-order valence-electron chi connectivity index (χ0n) is 15.1. The van der Waals surface area contributed by atoms with Gasteiger partial charge in [0.25, 0.3) is 0 Å². The number of pyridine rings is 1. The highest BCUT2D eigenvalue weighted by molar-refractivity contribution is 6.00. The summed E-state index contributed by atoms with van der Waals surface area (Å²) in [7, 11) is 4.06. The SMILES string of the molecule is CN(C)c1ccc([C@H](C/C(=N\O)c2ccncc2)c2ccccc2)cc1. The molecule has 1 heterocycles. The first-order chi connectivity index (χ1) is 12.7. The highest BCUT2D eigenvalue weighted by Gasteiger charge is 2.18. The standard InChI is InChI=1S/C22H23N3O/c1-25(2)20-10-8-18(9-11-20)21(17-6-4-3-5-7-17)16-22(24-26)19-12-14-23-15-13-19/h3-15,21,26H,16H2,1-2H3/b24-22+/t21-/m1/s1. The number of benzene rings is 2. The monoisotopic (exact) mass is 345 g/mol. The summed E-state index contributed by atoms with van der Waals surface area (Å²) in [6.07, 6.45) is 4.03. The van der Waals surface area contributed by atoms with Gasteiger partial charge in [-0.25, -0.2) is 0 Å². The summed E-state index contributed by atoms with van der Waals surface area (Å²) in [6, 6.07) is 22.6. The fourth-order valence-corrected chi connectivity index (χ4v) is 3.07. The second-order valence-corrected chi connectivity index (χ2v) is 6.44. The molecule has 0 saturated heterocycles. The van der Waals surface area contributed by atoms with E-state index in [-0.39, 0.29) is 5.92 Å². The fraction of sp³-hybridized carbons (Fsp3) is 0.182. The molecule has 0 amide bonds. The predicted octanol–water partition coefficient (Wildman–Crippen LogP) is 4.55. The van der Waals surface area contributed by atoms with E-state index in [1.807, 2.05) is 44.4 Å². The second-order valence-electron chi connectivity index (χ2n) is 6.44. The molecular formula is C22H23N3O. The van der Waals surface area contributed by atoms with Crippen molar-refractivity contribution < 1.29 is 5.21 Å². The highest BCUT2D eigenvalue weighted by Crippen LogP contribution is 2.30. The van der Waals surface area contributed by atoms with E-state index in [0.717, 1.165) is 11.3 Å². The third kappa shape index (κ3) is 4.09. The molecule has 4 nitrogen and oxygen atoms in total. The van der Waals surface area contributed by atoms with E-state index in [1.165, 1.54) is 11.1 Å². The molecule has 2 aromatic carbocycles. The average molecular weight is 345 g/mol. The molecule has 3 rings (SSSR count). The number of hydrogen-bond donors (Lipinski definition) is 1. The number of nitrogens with zero attached hydrogens (tertiary/aromatic N) is 3. The predicted molar refractivity (Wildman–Crippen MR) is 106 cm³/mol. The van der Waals surface area contributed by atoms with Gasteiger partial charge in [-0.1, -0.05) is 47.6 Å². The van der Waals surface area contributed by atoms with Crippen LogP contribution in [0.5, 0.6) is 0 Å². The van der Waals surface area contributed by atoms with Gasteiger partial charge in [0.05, 0.1) is 5.71 Å². The van der Waals surface area contributed by atoms with Gasteiger partial charge in [0.2, 0.25) is 0 Å². The molecule has 26 heavy (non-hydrogen) atoms. The van der Waals surface area contributed by atoms with Crippen LogP contribution in [-0.2, 0) is 0 Å². The van der Waals surface area contributed by atoms with Crippen molar-refractivity contribution in [1.82, 2.24) is 4.98 Å². The minimum Gasteiger partial charge on any atom is -0.411 e. The number of rotatable bonds is 6. The van der Waals surface area contributed by atoms with Crippen molar-refractivity contribution in [2.24, 2.45) is 5.16 Å². The van der Waals surface area contributed by atoms with Crippen LogP contribution in [0, 0.1) is 0 Å². The molecule has 0 aliphatic rings. The first kappa shape index (κ1) is 17.7. The third-order valence-corrected chi connectivity index (χ3v) is 4.55. The summed E-state index contributed by atoms with van der Waals surface area (Å²) in [5.74, 6) is 0.103. The molecule has 0 fully saturated rings. The molecule has 132 valence electrons. The van der Waals surface area contributed by atoms with Crippen molar-refractivity contribution in [2.45, 2.75) is 12.3 Å². The average Bonchev–Trinajstić information content (AvgIpc) is 2.70. The van der Waals surface area contributed by atoms with E-state index in [0.29, 0.717) is 12.1 Å². The molecule has 1 atom stereocenters. The maximum absolute atomic E-state index is 9.60. The number of aromatic nitrogens is 1. The molecule has 0 radical (unpaired) electrons. The Bertz CT molecular complexity index is 844. The molecule has 0 aliphatic carbocycles. The van der Waals surface area contributed by atoms with E-state index in [1.54, 1.807) is 12.4 Å². The Kier molecular flexibility index (Phi) is 5.64. The quantitative estimate of drug-likeness (QED) is 0.405. The van der Waals surface area contributed by atoms with Crippen molar-refractivity contribution in [1.29, 1.82) is 0 Å². The molecule has 1 N–H and O–H groups in total. The molecule has 1 aromatic heterocycles. The van der Waals surface area contributed by atoms with Crippen molar-refractivity contribution in [3.05, 3.63) is 95.8 Å². The van der Waals surface area contributed by atoms with Gasteiger partial charge in [0.1, 0.15) is 0 Å². The summed E-state index contributed by atoms with van der Waals surface area (Å²) >= 11 is 0. The molecule has 0 spiro atoms. The third-order valence-electron chi connectivity index (χ3n) is 4.55. The summed E-state index contributed by atoms with van der Waals surface area (Å²) in [5.41, 5.74) is 5.08. The fourth-order valence-electron chi connectivity index (χ4n) is 3.07. The van der Waals surface area contributed by atoms with E-state index < -0.39 is 0 Å². The van der Waals surface area contributed by atoms with E-state index >= 15 is 0 Å². The van der Waals surface area contributed by atoms with Crippen LogP contribution in [0.3, 0.4) is 0 Å². The zero-order valence-corrected chi connectivity index (χ0v) is 15.1. The Labute approximate surface area is 154 Å². The lowest BCUT2D eigenvalue weighted by atomic mass is 9.85. The summed E-state index contributed by atoms with van der Waals surface area (Å²) < 4.78 is 0. The Morgan fingerprint density at radius 1 is 0.923 bits per heavy atom. The van der Waals surface area contributed by atoms with Crippen LogP contribution < -0.4 is 4.90 Å². The van der Waals surface area contributed by atoms with Gasteiger partial charge >= 0.3 is 0 Å². The topological polar surface area (TPSA) is 48.7 Å². The van der Waals surface area contributed by atoms with Crippen LogP contribution in [0.4, 0.5) is 5.69 Å². The van der Waals surface area contributed by atoms with Gasteiger partial charge < -0.3 is 10.1 Å². The lowest BCUT2D eigenvalue weighted by molar-refractivity contribution is 0.317. The van der Waals surface area contributed by atoms with Gasteiger partial charge in [-0.2, -0.15) is 0 Å². The minimum atomic E-state index is 0.103. The van der Waals surface area contributed by atoms with Crippen molar-refractivity contribution in [2.75, 3.05) is 19.0 Å². The Morgan fingerprint density at radius 3 is 2.12 bits per heavy atom. The van der Waals surface area contributed by atoms with Crippen LogP contribution in [0.2, 0.25) is 0 Å². The largest absolute Gasteiger partial charge is 0.411 e. The van der Waals surface area contributed by atoms with Gasteiger partial charge in [0.15, 0.2) is 0 Å². The molecule has 0 saturated carbocycles. The Balaban J connectivity index is 1.96. The maximum atomic E-state index is 9.60. The number of anilines is 1. The maximum Gasteiger partial charge on any atom is 0.0878 e. The van der Waals surface area contributed by atoms with Gasteiger partial charge in [-0.3, -0.25) is 4.98 Å². The van der Waals surface area contributed by atoms with Gasteiger partial charge in [0, 0.05) is 50.1 Å². The first-order valence-corrected chi connectivity index (χ1v) is 8.62. The lowest BCUT2D eigenvalue weighted by Gasteiger charge is -2.20. The lowest BCUT2D eigenvalue weighted by Crippen LogP contribution is -2.12. The summed E-state index contributed by atoms with van der Waals surface area (Å²) in [5, 5.41) is 13.2. The van der Waals surface area contributed by atoms with Crippen LogP contribution in [0.15, 0.2) is 84.3 Å². The summed E-state index contributed by atoms with van der Waals surface area (Å²) in [4.78, 5) is 6.12. The van der Waals surface area contributed by atoms with E-state index in [4.69, 9.17) is 0 Å². The number of hydrogen-bond acceptors (Lipinski definition) is 4. The molecule has 0 unspecified atom stereocenters. The summed E-state index contributed by atoms with van der Waals surface area (Å²) in [6.45, 7) is 0. The zero-order chi connectivity index (χ0) is 18.4. The second kappa shape index (κ2) is 8.30. The Hall–Kier alpha value is -3.14. The van der Waals surface area contributed by atoms with Gasteiger partial charge in [-0.05, 0) is 35.4 Å².